The third-order valence-corrected chi connectivity index (χ3v) is 6.84. The van der Waals surface area contributed by atoms with E-state index < -0.39 is 0 Å². The van der Waals surface area contributed by atoms with Gasteiger partial charge in [0.15, 0.2) is 0 Å². The van der Waals surface area contributed by atoms with Crippen molar-refractivity contribution < 1.29 is 9.59 Å². The lowest BCUT2D eigenvalue weighted by molar-refractivity contribution is -0.139. The van der Waals surface area contributed by atoms with E-state index in [1.54, 1.807) is 11.3 Å². The average molecular weight is 420 g/mol. The van der Waals surface area contributed by atoms with Crippen molar-refractivity contribution in [1.29, 1.82) is 0 Å². The zero-order valence-corrected chi connectivity index (χ0v) is 18.3. The highest BCUT2D eigenvalue weighted by molar-refractivity contribution is 7.08. The Balaban J connectivity index is 1.73. The zero-order valence-electron chi connectivity index (χ0n) is 17.4. The van der Waals surface area contributed by atoms with E-state index in [2.05, 4.69) is 65.0 Å². The summed E-state index contributed by atoms with van der Waals surface area (Å²) in [5, 5.41) is 8.87. The number of thiophene rings is 1. The van der Waals surface area contributed by atoms with Crippen molar-refractivity contribution in [2.75, 3.05) is 11.9 Å². The van der Waals surface area contributed by atoms with Crippen LogP contribution in [-0.4, -0.2) is 27.8 Å². The van der Waals surface area contributed by atoms with Crippen LogP contribution in [0.5, 0.6) is 0 Å². The molecule has 4 heterocycles. The second-order valence-corrected chi connectivity index (χ2v) is 9.36. The van der Waals surface area contributed by atoms with Gasteiger partial charge in [-0.3, -0.25) is 14.5 Å². The van der Waals surface area contributed by atoms with E-state index in [0.717, 1.165) is 35.5 Å². The highest BCUT2D eigenvalue weighted by Crippen LogP contribution is 2.46. The number of carbonyl (C=O) groups excluding carboxylic acids is 2. The van der Waals surface area contributed by atoms with E-state index in [9.17, 15) is 9.59 Å². The Morgan fingerprint density at radius 1 is 1.30 bits per heavy atom. The van der Waals surface area contributed by atoms with Crippen molar-refractivity contribution >= 4 is 39.7 Å². The molecule has 0 radical (unpaired) electrons. The minimum absolute atomic E-state index is 0.179. The quantitative estimate of drug-likeness (QED) is 0.651. The van der Waals surface area contributed by atoms with Crippen LogP contribution < -0.4 is 5.32 Å². The van der Waals surface area contributed by atoms with Crippen LogP contribution in [0.15, 0.2) is 52.5 Å². The standard InChI is InChI=1S/C24H25N3O2S/c1-14(2)7-9-26-11-17-21(16-8-10-30-13-16)23-19(12-27(15(3)28)24(23)29)25-18-5-4-6-20(26)22(17)18/h4-6,8,10-11,13-14,21,25H,7,9,12H2,1-3H3. The molecule has 2 amide bonds. The normalized spacial score (nSPS) is 18.2. The number of carbonyl (C=O) groups is 2. The summed E-state index contributed by atoms with van der Waals surface area (Å²) in [7, 11) is 0. The number of hydrogen-bond donors (Lipinski definition) is 1. The van der Waals surface area contributed by atoms with Crippen LogP contribution in [0.25, 0.3) is 10.9 Å². The zero-order chi connectivity index (χ0) is 21.0. The number of amides is 2. The minimum Gasteiger partial charge on any atom is -0.356 e. The number of aromatic nitrogens is 1. The molecule has 1 unspecified atom stereocenters. The summed E-state index contributed by atoms with van der Waals surface area (Å²) in [5.74, 6) is 0.0358. The van der Waals surface area contributed by atoms with Gasteiger partial charge in [0.1, 0.15) is 0 Å². The highest BCUT2D eigenvalue weighted by atomic mass is 32.1. The van der Waals surface area contributed by atoms with E-state index in [1.807, 2.05) is 0 Å². The molecule has 5 rings (SSSR count). The first-order chi connectivity index (χ1) is 14.5. The van der Waals surface area contributed by atoms with E-state index in [4.69, 9.17) is 0 Å². The van der Waals surface area contributed by atoms with Crippen LogP contribution in [0.3, 0.4) is 0 Å². The lowest BCUT2D eigenvalue weighted by atomic mass is 9.86. The fraction of sp³-hybridized carbons (Fsp3) is 0.333. The van der Waals surface area contributed by atoms with Gasteiger partial charge in [-0.05, 0) is 52.4 Å². The summed E-state index contributed by atoms with van der Waals surface area (Å²) < 4.78 is 2.32. The average Bonchev–Trinajstić information content (AvgIpc) is 3.40. The van der Waals surface area contributed by atoms with Crippen molar-refractivity contribution in [2.24, 2.45) is 5.92 Å². The fourth-order valence-corrected chi connectivity index (χ4v) is 5.33. The highest BCUT2D eigenvalue weighted by Gasteiger charge is 2.41. The molecule has 6 heteroatoms. The largest absolute Gasteiger partial charge is 0.356 e. The molecule has 0 bridgehead atoms. The van der Waals surface area contributed by atoms with Gasteiger partial charge in [0, 0.05) is 42.4 Å². The van der Waals surface area contributed by atoms with Crippen LogP contribution in [-0.2, 0) is 16.1 Å². The molecule has 1 atom stereocenters. The van der Waals surface area contributed by atoms with Crippen LogP contribution in [0, 0.1) is 5.92 Å². The molecule has 3 aromatic rings. The number of benzene rings is 1. The molecule has 1 aromatic carbocycles. The number of nitrogens with zero attached hydrogens (tertiary/aromatic N) is 2. The topological polar surface area (TPSA) is 54.3 Å². The SMILES string of the molecule is CC(=O)N1CC2=C(C1=O)C(c1ccsc1)c1cn(CCC(C)C)c3cccc(c13)N2. The van der Waals surface area contributed by atoms with Gasteiger partial charge in [-0.1, -0.05) is 19.9 Å². The predicted molar refractivity (Wildman–Crippen MR) is 121 cm³/mol. The summed E-state index contributed by atoms with van der Waals surface area (Å²) in [6.07, 6.45) is 3.31. The molecule has 0 fully saturated rings. The van der Waals surface area contributed by atoms with Crippen LogP contribution in [0.4, 0.5) is 5.69 Å². The Morgan fingerprint density at radius 3 is 2.83 bits per heavy atom. The summed E-state index contributed by atoms with van der Waals surface area (Å²) in [4.78, 5) is 26.8. The molecule has 0 saturated heterocycles. The molecule has 5 nitrogen and oxygen atoms in total. The Bertz CT molecular complexity index is 1190. The van der Waals surface area contributed by atoms with Gasteiger partial charge in [-0.15, -0.1) is 0 Å². The molecule has 30 heavy (non-hydrogen) atoms. The number of nitrogens with one attached hydrogen (secondary N) is 1. The molecule has 2 aliphatic rings. The van der Waals surface area contributed by atoms with Gasteiger partial charge < -0.3 is 9.88 Å². The molecule has 1 N–H and O–H groups in total. The lowest BCUT2D eigenvalue weighted by Crippen LogP contribution is -2.33. The third-order valence-electron chi connectivity index (χ3n) is 6.14. The molecular formula is C24H25N3O2S. The first-order valence-corrected chi connectivity index (χ1v) is 11.4. The maximum atomic E-state index is 13.3. The van der Waals surface area contributed by atoms with Gasteiger partial charge >= 0.3 is 0 Å². The fourth-order valence-electron chi connectivity index (χ4n) is 4.64. The maximum absolute atomic E-state index is 13.3. The van der Waals surface area contributed by atoms with Gasteiger partial charge in [0.25, 0.3) is 5.91 Å². The van der Waals surface area contributed by atoms with Crippen LogP contribution in [0.1, 0.15) is 44.2 Å². The molecule has 0 spiro atoms. The Morgan fingerprint density at radius 2 is 2.13 bits per heavy atom. The minimum atomic E-state index is -0.216. The van der Waals surface area contributed by atoms with E-state index in [1.165, 1.54) is 22.7 Å². The first-order valence-electron chi connectivity index (χ1n) is 10.4. The van der Waals surface area contributed by atoms with E-state index in [-0.39, 0.29) is 17.7 Å². The van der Waals surface area contributed by atoms with Crippen LogP contribution >= 0.6 is 11.3 Å². The molecule has 154 valence electrons. The molecule has 0 aliphatic carbocycles. The van der Waals surface area contributed by atoms with Gasteiger partial charge in [0.05, 0.1) is 17.6 Å². The maximum Gasteiger partial charge on any atom is 0.259 e. The number of rotatable bonds is 4. The molecular weight excluding hydrogens is 394 g/mol. The Hall–Kier alpha value is -2.86. The van der Waals surface area contributed by atoms with Crippen molar-refractivity contribution in [2.45, 2.75) is 39.7 Å². The van der Waals surface area contributed by atoms with Crippen molar-refractivity contribution in [1.82, 2.24) is 9.47 Å². The summed E-state index contributed by atoms with van der Waals surface area (Å²) in [6.45, 7) is 7.17. The number of anilines is 1. The summed E-state index contributed by atoms with van der Waals surface area (Å²) in [5.41, 5.74) is 5.97. The third kappa shape index (κ3) is 2.89. The van der Waals surface area contributed by atoms with E-state index in [0.29, 0.717) is 18.0 Å². The monoisotopic (exact) mass is 419 g/mol. The van der Waals surface area contributed by atoms with Crippen LogP contribution in [0.2, 0.25) is 0 Å². The molecule has 2 aliphatic heterocycles. The van der Waals surface area contributed by atoms with Crippen molar-refractivity contribution in [3.05, 3.63) is 63.6 Å². The number of imide groups is 1. The number of hydrogen-bond acceptors (Lipinski definition) is 4. The van der Waals surface area contributed by atoms with Gasteiger partial charge in [-0.2, -0.15) is 11.3 Å². The molecule has 2 aromatic heterocycles. The van der Waals surface area contributed by atoms with Gasteiger partial charge in [-0.25, -0.2) is 0 Å². The van der Waals surface area contributed by atoms with E-state index >= 15 is 0 Å². The second kappa shape index (κ2) is 7.13. The summed E-state index contributed by atoms with van der Waals surface area (Å²) in [6, 6.07) is 8.38. The Kier molecular flexibility index (Phi) is 4.54. The van der Waals surface area contributed by atoms with Gasteiger partial charge in [0.2, 0.25) is 5.91 Å². The summed E-state index contributed by atoms with van der Waals surface area (Å²) >= 11 is 1.63. The second-order valence-electron chi connectivity index (χ2n) is 8.58. The Labute approximate surface area is 180 Å². The van der Waals surface area contributed by atoms with Crippen molar-refractivity contribution in [3.63, 3.8) is 0 Å². The molecule has 0 saturated carbocycles. The van der Waals surface area contributed by atoms with Crippen molar-refractivity contribution in [3.8, 4) is 0 Å². The first kappa shape index (κ1) is 19.1. The number of aryl methyl sites for hydroxylation is 1. The lowest BCUT2D eigenvalue weighted by Gasteiger charge is -2.18. The smallest absolute Gasteiger partial charge is 0.259 e. The predicted octanol–water partition coefficient (Wildman–Crippen LogP) is 4.95.